The summed E-state index contributed by atoms with van der Waals surface area (Å²) in [6.07, 6.45) is 5.25. The summed E-state index contributed by atoms with van der Waals surface area (Å²) in [6, 6.07) is 6.97. The molecule has 1 aliphatic heterocycles. The molecule has 1 N–H and O–H groups in total. The number of nitrogens with one attached hydrogen (secondary N) is 1. The number of hydrogen-bond acceptors (Lipinski definition) is 1. The van der Waals surface area contributed by atoms with Crippen LogP contribution >= 0.6 is 31.9 Å². The van der Waals surface area contributed by atoms with E-state index in [0.717, 1.165) is 11.0 Å². The molecule has 0 amide bonds. The quantitative estimate of drug-likeness (QED) is 0.802. The Morgan fingerprint density at radius 3 is 2.80 bits per heavy atom. The highest BCUT2D eigenvalue weighted by Crippen LogP contribution is 2.30. The average molecular weight is 333 g/mol. The molecule has 0 aliphatic carbocycles. The van der Waals surface area contributed by atoms with E-state index in [1.54, 1.807) is 0 Å². The molecule has 1 unspecified atom stereocenters. The van der Waals surface area contributed by atoms with Crippen LogP contribution in [0.1, 0.15) is 37.3 Å². The first kappa shape index (κ1) is 11.6. The van der Waals surface area contributed by atoms with Crippen molar-refractivity contribution < 1.29 is 0 Å². The first-order chi connectivity index (χ1) is 7.27. The third-order valence-electron chi connectivity index (χ3n) is 2.90. The molecule has 0 spiro atoms. The molecule has 1 saturated heterocycles. The van der Waals surface area contributed by atoms with E-state index in [0.29, 0.717) is 6.04 Å². The molecular weight excluding hydrogens is 318 g/mol. The standard InChI is InChI=1S/C12H15Br2N/c13-9-5-6-10(11(14)8-9)12-4-2-1-3-7-15-12/h5-6,8,12,15H,1-4,7H2. The molecular formula is C12H15Br2N. The van der Waals surface area contributed by atoms with Gasteiger partial charge in [0.2, 0.25) is 0 Å². The zero-order valence-electron chi connectivity index (χ0n) is 8.60. The minimum Gasteiger partial charge on any atom is -0.310 e. The van der Waals surface area contributed by atoms with Crippen molar-refractivity contribution in [3.05, 3.63) is 32.7 Å². The summed E-state index contributed by atoms with van der Waals surface area (Å²) >= 11 is 7.12. The van der Waals surface area contributed by atoms with Crippen molar-refractivity contribution in [3.63, 3.8) is 0 Å². The normalized spacial score (nSPS) is 22.4. The van der Waals surface area contributed by atoms with Crippen molar-refractivity contribution >= 4 is 31.9 Å². The van der Waals surface area contributed by atoms with Crippen LogP contribution in [0, 0.1) is 0 Å². The van der Waals surface area contributed by atoms with Gasteiger partial charge in [0.25, 0.3) is 0 Å². The summed E-state index contributed by atoms with van der Waals surface area (Å²) in [5, 5.41) is 3.61. The second-order valence-electron chi connectivity index (χ2n) is 4.02. The maximum absolute atomic E-state index is 3.64. The van der Waals surface area contributed by atoms with Crippen LogP contribution in [0.4, 0.5) is 0 Å². The van der Waals surface area contributed by atoms with Crippen LogP contribution in [0.15, 0.2) is 27.1 Å². The summed E-state index contributed by atoms with van der Waals surface area (Å²) < 4.78 is 2.34. The predicted octanol–water partition coefficient (Wildman–Crippen LogP) is 4.42. The Bertz CT molecular complexity index is 330. The number of benzene rings is 1. The van der Waals surface area contributed by atoms with Gasteiger partial charge in [0, 0.05) is 15.0 Å². The van der Waals surface area contributed by atoms with Crippen LogP contribution in [0.3, 0.4) is 0 Å². The smallest absolute Gasteiger partial charge is 0.0331 e. The fraction of sp³-hybridized carbons (Fsp3) is 0.500. The summed E-state index contributed by atoms with van der Waals surface area (Å²) in [7, 11) is 0. The third-order valence-corrected chi connectivity index (χ3v) is 4.08. The molecule has 1 aromatic carbocycles. The lowest BCUT2D eigenvalue weighted by atomic mass is 10.0. The van der Waals surface area contributed by atoms with Crippen molar-refractivity contribution in [1.29, 1.82) is 0 Å². The van der Waals surface area contributed by atoms with Crippen molar-refractivity contribution in [2.24, 2.45) is 0 Å². The predicted molar refractivity (Wildman–Crippen MR) is 71.1 cm³/mol. The highest BCUT2D eigenvalue weighted by atomic mass is 79.9. The van der Waals surface area contributed by atoms with Gasteiger partial charge in [0.1, 0.15) is 0 Å². The van der Waals surface area contributed by atoms with E-state index in [1.165, 1.54) is 35.7 Å². The van der Waals surface area contributed by atoms with E-state index in [9.17, 15) is 0 Å². The molecule has 1 aliphatic rings. The lowest BCUT2D eigenvalue weighted by Gasteiger charge is -2.17. The van der Waals surface area contributed by atoms with Crippen LogP contribution < -0.4 is 5.32 Å². The van der Waals surface area contributed by atoms with E-state index in [-0.39, 0.29) is 0 Å². The molecule has 0 bridgehead atoms. The molecule has 1 fully saturated rings. The van der Waals surface area contributed by atoms with Gasteiger partial charge in [-0.3, -0.25) is 0 Å². The van der Waals surface area contributed by atoms with E-state index in [2.05, 4.69) is 55.4 Å². The van der Waals surface area contributed by atoms with Crippen LogP contribution in [0.25, 0.3) is 0 Å². The monoisotopic (exact) mass is 331 g/mol. The summed E-state index contributed by atoms with van der Waals surface area (Å²) in [5.74, 6) is 0. The summed E-state index contributed by atoms with van der Waals surface area (Å²) in [6.45, 7) is 1.15. The molecule has 82 valence electrons. The number of rotatable bonds is 1. The maximum Gasteiger partial charge on any atom is 0.0331 e. The van der Waals surface area contributed by atoms with Gasteiger partial charge in [-0.2, -0.15) is 0 Å². The van der Waals surface area contributed by atoms with Gasteiger partial charge in [0.15, 0.2) is 0 Å². The summed E-state index contributed by atoms with van der Waals surface area (Å²) in [5.41, 5.74) is 1.39. The van der Waals surface area contributed by atoms with Crippen molar-refractivity contribution in [1.82, 2.24) is 5.32 Å². The van der Waals surface area contributed by atoms with Crippen LogP contribution in [-0.4, -0.2) is 6.54 Å². The first-order valence-electron chi connectivity index (χ1n) is 5.46. The van der Waals surface area contributed by atoms with Gasteiger partial charge >= 0.3 is 0 Å². The van der Waals surface area contributed by atoms with Crippen LogP contribution in [0.5, 0.6) is 0 Å². The highest BCUT2D eigenvalue weighted by Gasteiger charge is 2.15. The minimum absolute atomic E-state index is 0.523. The van der Waals surface area contributed by atoms with Crippen LogP contribution in [-0.2, 0) is 0 Å². The third kappa shape index (κ3) is 3.05. The second-order valence-corrected chi connectivity index (χ2v) is 5.79. The average Bonchev–Trinajstić information content (AvgIpc) is 2.46. The Kier molecular flexibility index (Phi) is 4.23. The molecule has 1 heterocycles. The van der Waals surface area contributed by atoms with Crippen molar-refractivity contribution in [2.75, 3.05) is 6.54 Å². The van der Waals surface area contributed by atoms with E-state index in [1.807, 2.05) is 0 Å². The zero-order chi connectivity index (χ0) is 10.7. The van der Waals surface area contributed by atoms with Gasteiger partial charge in [-0.25, -0.2) is 0 Å². The fourth-order valence-corrected chi connectivity index (χ4v) is 3.40. The van der Waals surface area contributed by atoms with Gasteiger partial charge in [-0.1, -0.05) is 50.8 Å². The van der Waals surface area contributed by atoms with E-state index >= 15 is 0 Å². The Hall–Kier alpha value is 0.140. The topological polar surface area (TPSA) is 12.0 Å². The Balaban J connectivity index is 2.19. The molecule has 1 aromatic rings. The van der Waals surface area contributed by atoms with Gasteiger partial charge in [-0.15, -0.1) is 0 Å². The van der Waals surface area contributed by atoms with Gasteiger partial charge < -0.3 is 5.32 Å². The van der Waals surface area contributed by atoms with E-state index < -0.39 is 0 Å². The van der Waals surface area contributed by atoms with Crippen LogP contribution in [0.2, 0.25) is 0 Å². The summed E-state index contributed by atoms with van der Waals surface area (Å²) in [4.78, 5) is 0. The largest absolute Gasteiger partial charge is 0.310 e. The maximum atomic E-state index is 3.64. The van der Waals surface area contributed by atoms with Crippen molar-refractivity contribution in [2.45, 2.75) is 31.7 Å². The first-order valence-corrected chi connectivity index (χ1v) is 7.04. The highest BCUT2D eigenvalue weighted by molar-refractivity contribution is 9.11. The minimum atomic E-state index is 0.523. The lowest BCUT2D eigenvalue weighted by Crippen LogP contribution is -2.20. The fourth-order valence-electron chi connectivity index (χ4n) is 2.08. The van der Waals surface area contributed by atoms with Gasteiger partial charge in [0.05, 0.1) is 0 Å². The zero-order valence-corrected chi connectivity index (χ0v) is 11.8. The molecule has 1 atom stereocenters. The van der Waals surface area contributed by atoms with Gasteiger partial charge in [-0.05, 0) is 37.1 Å². The second kappa shape index (κ2) is 5.46. The Morgan fingerprint density at radius 1 is 1.13 bits per heavy atom. The number of halogens is 2. The molecule has 2 rings (SSSR count). The van der Waals surface area contributed by atoms with E-state index in [4.69, 9.17) is 0 Å². The molecule has 0 saturated carbocycles. The molecule has 0 radical (unpaired) electrons. The Morgan fingerprint density at radius 2 is 2.00 bits per heavy atom. The molecule has 1 nitrogen and oxygen atoms in total. The molecule has 15 heavy (non-hydrogen) atoms. The SMILES string of the molecule is Brc1ccc(C2CCCCCN2)c(Br)c1. The Labute approximate surface area is 108 Å². The molecule has 0 aromatic heterocycles. The van der Waals surface area contributed by atoms with Crippen molar-refractivity contribution in [3.8, 4) is 0 Å². The number of hydrogen-bond donors (Lipinski definition) is 1. The molecule has 3 heteroatoms. The lowest BCUT2D eigenvalue weighted by molar-refractivity contribution is 0.533.